The lowest BCUT2D eigenvalue weighted by atomic mass is 9.83. The molecule has 2 aliphatic heterocycles. The highest BCUT2D eigenvalue weighted by molar-refractivity contribution is 5.99. The van der Waals surface area contributed by atoms with Gasteiger partial charge < -0.3 is 19.7 Å². The first-order valence-electron chi connectivity index (χ1n) is 11.0. The molecule has 3 atom stereocenters. The number of nitriles is 1. The van der Waals surface area contributed by atoms with Crippen LogP contribution in [0.2, 0.25) is 0 Å². The van der Waals surface area contributed by atoms with Crippen LogP contribution in [0, 0.1) is 34.0 Å². The predicted octanol–water partition coefficient (Wildman–Crippen LogP) is 3.43. The SMILES string of the molecule is N#C[C@@H]1CCN(C(=N)[C@H]2CCC[C@@H](Nc3ncc(C(F)(F)F)c(OC4COC4)n3)C2)C(=N)C1. The van der Waals surface area contributed by atoms with Crippen molar-refractivity contribution < 1.29 is 22.6 Å². The maximum atomic E-state index is 13.3. The smallest absolute Gasteiger partial charge is 0.423 e. The van der Waals surface area contributed by atoms with Gasteiger partial charge in [0.05, 0.1) is 25.2 Å². The van der Waals surface area contributed by atoms with E-state index in [2.05, 4.69) is 21.4 Å². The highest BCUT2D eigenvalue weighted by Gasteiger charge is 2.38. The normalized spacial score (nSPS) is 26.3. The summed E-state index contributed by atoms with van der Waals surface area (Å²) in [6, 6.07) is 2.08. The van der Waals surface area contributed by atoms with E-state index in [0.29, 0.717) is 37.5 Å². The average Bonchev–Trinajstić information content (AvgIpc) is 2.75. The summed E-state index contributed by atoms with van der Waals surface area (Å²) in [6.45, 7) is 0.923. The van der Waals surface area contributed by atoms with Gasteiger partial charge in [-0.1, -0.05) is 6.42 Å². The fourth-order valence-corrected chi connectivity index (χ4v) is 4.37. The van der Waals surface area contributed by atoms with Crippen LogP contribution < -0.4 is 10.1 Å². The van der Waals surface area contributed by atoms with Gasteiger partial charge in [0.25, 0.3) is 0 Å². The quantitative estimate of drug-likeness (QED) is 0.448. The molecule has 0 spiro atoms. The van der Waals surface area contributed by atoms with Crippen molar-refractivity contribution in [3.05, 3.63) is 11.8 Å². The van der Waals surface area contributed by atoms with E-state index in [-0.39, 0.29) is 37.0 Å². The van der Waals surface area contributed by atoms with Gasteiger partial charge in [-0.2, -0.15) is 23.4 Å². The molecule has 0 bridgehead atoms. The van der Waals surface area contributed by atoms with Gasteiger partial charge in [0.2, 0.25) is 11.8 Å². The zero-order valence-electron chi connectivity index (χ0n) is 18.0. The van der Waals surface area contributed by atoms with Gasteiger partial charge in [0, 0.05) is 31.1 Å². The van der Waals surface area contributed by atoms with Gasteiger partial charge in [-0.25, -0.2) is 4.98 Å². The number of halogens is 3. The maximum Gasteiger partial charge on any atom is 0.423 e. The zero-order chi connectivity index (χ0) is 23.6. The molecule has 33 heavy (non-hydrogen) atoms. The molecule has 3 N–H and O–H groups in total. The van der Waals surface area contributed by atoms with Crippen molar-refractivity contribution in [2.75, 3.05) is 25.1 Å². The van der Waals surface area contributed by atoms with Crippen LogP contribution in [0.5, 0.6) is 5.88 Å². The molecule has 1 saturated carbocycles. The second-order valence-electron chi connectivity index (χ2n) is 8.69. The molecule has 3 aliphatic rings. The molecule has 0 unspecified atom stereocenters. The average molecular weight is 465 g/mol. The first kappa shape index (κ1) is 23.2. The van der Waals surface area contributed by atoms with Crippen molar-refractivity contribution in [2.45, 2.75) is 56.8 Å². The van der Waals surface area contributed by atoms with E-state index in [1.165, 1.54) is 0 Å². The van der Waals surface area contributed by atoms with E-state index in [1.807, 2.05) is 0 Å². The topological polar surface area (TPSA) is 131 Å². The zero-order valence-corrected chi connectivity index (χ0v) is 18.0. The number of nitrogens with zero attached hydrogens (tertiary/aromatic N) is 4. The highest BCUT2D eigenvalue weighted by atomic mass is 19.4. The molecule has 0 radical (unpaired) electrons. The number of aromatic nitrogens is 2. The number of rotatable bonds is 5. The molecule has 4 rings (SSSR count). The fourth-order valence-electron chi connectivity index (χ4n) is 4.37. The van der Waals surface area contributed by atoms with Crippen molar-refractivity contribution in [2.24, 2.45) is 11.8 Å². The molecule has 1 aromatic rings. The monoisotopic (exact) mass is 465 g/mol. The van der Waals surface area contributed by atoms with Crippen molar-refractivity contribution in [3.63, 3.8) is 0 Å². The van der Waals surface area contributed by atoms with Crippen LogP contribution in [0.3, 0.4) is 0 Å². The Morgan fingerprint density at radius 2 is 2.09 bits per heavy atom. The van der Waals surface area contributed by atoms with E-state index < -0.39 is 23.7 Å². The lowest BCUT2D eigenvalue weighted by molar-refractivity contribution is -0.142. The molecule has 0 aromatic carbocycles. The van der Waals surface area contributed by atoms with Crippen LogP contribution in [-0.4, -0.2) is 58.4 Å². The van der Waals surface area contributed by atoms with Crippen LogP contribution in [0.4, 0.5) is 19.1 Å². The van der Waals surface area contributed by atoms with E-state index in [4.69, 9.17) is 25.6 Å². The number of hydrogen-bond donors (Lipinski definition) is 3. The number of alkyl halides is 3. The van der Waals surface area contributed by atoms with Crippen LogP contribution in [-0.2, 0) is 10.9 Å². The highest BCUT2D eigenvalue weighted by Crippen LogP contribution is 2.36. The van der Waals surface area contributed by atoms with Gasteiger partial charge in [-0.05, 0) is 25.7 Å². The van der Waals surface area contributed by atoms with Crippen molar-refractivity contribution in [1.82, 2.24) is 14.9 Å². The van der Waals surface area contributed by atoms with Crippen molar-refractivity contribution in [3.8, 4) is 11.9 Å². The van der Waals surface area contributed by atoms with E-state index in [9.17, 15) is 13.2 Å². The molecular formula is C21H26F3N7O2. The fraction of sp³-hybridized carbons (Fsp3) is 0.667. The first-order chi connectivity index (χ1) is 15.7. The number of amidine groups is 2. The maximum absolute atomic E-state index is 13.3. The number of likely N-dealkylation sites (tertiary alicyclic amines) is 1. The molecule has 3 fully saturated rings. The third-order valence-electron chi connectivity index (χ3n) is 6.28. The van der Waals surface area contributed by atoms with Gasteiger partial charge >= 0.3 is 6.18 Å². The Kier molecular flexibility index (Phi) is 6.69. The first-order valence-corrected chi connectivity index (χ1v) is 11.0. The Morgan fingerprint density at radius 3 is 2.73 bits per heavy atom. The summed E-state index contributed by atoms with van der Waals surface area (Å²) in [5.41, 5.74) is -1.03. The van der Waals surface area contributed by atoms with Crippen LogP contribution in [0.15, 0.2) is 6.20 Å². The lowest BCUT2D eigenvalue weighted by Gasteiger charge is -2.37. The number of anilines is 1. The molecule has 9 nitrogen and oxygen atoms in total. The Labute approximate surface area is 189 Å². The van der Waals surface area contributed by atoms with Crippen LogP contribution in [0.25, 0.3) is 0 Å². The molecule has 0 amide bonds. The minimum atomic E-state index is -4.63. The molecule has 1 aromatic heterocycles. The Balaban J connectivity index is 1.41. The molecule has 1 aliphatic carbocycles. The summed E-state index contributed by atoms with van der Waals surface area (Å²) in [5.74, 6) is -0.0688. The third kappa shape index (κ3) is 5.35. The second-order valence-corrected chi connectivity index (χ2v) is 8.69. The summed E-state index contributed by atoms with van der Waals surface area (Å²) >= 11 is 0. The Hall–Kier alpha value is -2.94. The number of piperidine rings is 1. The molecule has 12 heteroatoms. The summed E-state index contributed by atoms with van der Waals surface area (Å²) in [5, 5.41) is 29.0. The minimum absolute atomic E-state index is 0.0537. The largest absolute Gasteiger partial charge is 0.469 e. The van der Waals surface area contributed by atoms with Crippen LogP contribution >= 0.6 is 0 Å². The molecule has 2 saturated heterocycles. The van der Waals surface area contributed by atoms with Gasteiger partial charge in [0.15, 0.2) is 0 Å². The van der Waals surface area contributed by atoms with Gasteiger partial charge in [0.1, 0.15) is 23.3 Å². The minimum Gasteiger partial charge on any atom is -0.469 e. The van der Waals surface area contributed by atoms with E-state index >= 15 is 0 Å². The molecule has 3 heterocycles. The summed E-state index contributed by atoms with van der Waals surface area (Å²) in [4.78, 5) is 9.54. The number of hydrogen-bond acceptors (Lipinski definition) is 8. The number of ether oxygens (including phenoxy) is 2. The van der Waals surface area contributed by atoms with Gasteiger partial charge in [-0.15, -0.1) is 0 Å². The third-order valence-corrected chi connectivity index (χ3v) is 6.28. The Bertz CT molecular complexity index is 945. The molecule has 178 valence electrons. The standard InChI is InChI=1S/C21H26F3N7O2/c22-21(23,24)16-9-28-20(30-19(16)33-15-10-32-11-15)29-14-3-1-2-13(7-14)18(27)31-5-4-12(8-25)6-17(31)26/h9,12-15,26-27H,1-7,10-11H2,(H,28,29,30)/t12-,13+,14-/m1/s1. The predicted molar refractivity (Wildman–Crippen MR) is 112 cm³/mol. The summed E-state index contributed by atoms with van der Waals surface area (Å²) < 4.78 is 50.3. The Morgan fingerprint density at radius 1 is 1.30 bits per heavy atom. The van der Waals surface area contributed by atoms with Crippen molar-refractivity contribution in [1.29, 1.82) is 16.1 Å². The van der Waals surface area contributed by atoms with Gasteiger partial charge in [-0.3, -0.25) is 10.8 Å². The van der Waals surface area contributed by atoms with Crippen molar-refractivity contribution >= 4 is 17.6 Å². The van der Waals surface area contributed by atoms with E-state index in [1.54, 1.807) is 4.90 Å². The number of nitrogens with one attached hydrogen (secondary N) is 3. The second kappa shape index (κ2) is 9.51. The molecular weight excluding hydrogens is 439 g/mol. The summed E-state index contributed by atoms with van der Waals surface area (Å²) in [6.07, 6.45) is -0.404. The van der Waals surface area contributed by atoms with E-state index in [0.717, 1.165) is 25.5 Å². The summed E-state index contributed by atoms with van der Waals surface area (Å²) in [7, 11) is 0. The lowest BCUT2D eigenvalue weighted by Crippen LogP contribution is -2.46. The van der Waals surface area contributed by atoms with Crippen LogP contribution in [0.1, 0.15) is 44.1 Å².